The molecule has 1 aromatic carbocycles. The van der Waals surface area contributed by atoms with E-state index in [0.717, 1.165) is 0 Å². The Morgan fingerprint density at radius 3 is 2.63 bits per heavy atom. The number of aromatic nitrogens is 1. The fourth-order valence-corrected chi connectivity index (χ4v) is 5.10. The van der Waals surface area contributed by atoms with Gasteiger partial charge in [0.05, 0.1) is 25.5 Å². The highest BCUT2D eigenvalue weighted by atomic mass is 19.1. The standard InChI is InChI=1S/C24H29F2N5O4/c1-33-29-19-13-23(35-20-3-2-16(25)12-18(19)20)4-10-31(11-5-23)21(32)24(26)6-8-30(9-7-24)15-17-14-28-22(27)34-17/h2-3,12-14,29H,4-11,15H2,1H3,(H2,27,28). The number of alkyl halides is 1. The number of nitrogens with one attached hydrogen (secondary N) is 1. The molecule has 188 valence electrons. The second-order valence-electron chi connectivity index (χ2n) is 9.37. The van der Waals surface area contributed by atoms with E-state index in [1.165, 1.54) is 19.2 Å². The Bertz CT molecular complexity index is 1120. The molecular formula is C24H29F2N5O4. The van der Waals surface area contributed by atoms with Crippen LogP contribution in [0.3, 0.4) is 0 Å². The van der Waals surface area contributed by atoms with E-state index in [-0.39, 0.29) is 24.7 Å². The number of likely N-dealkylation sites (tertiary alicyclic amines) is 2. The van der Waals surface area contributed by atoms with Crippen LogP contribution in [-0.4, -0.2) is 65.2 Å². The second-order valence-corrected chi connectivity index (χ2v) is 9.37. The van der Waals surface area contributed by atoms with Crippen LogP contribution in [0.15, 0.2) is 34.9 Å². The highest BCUT2D eigenvalue weighted by Crippen LogP contribution is 2.41. The van der Waals surface area contributed by atoms with Crippen LogP contribution in [0.1, 0.15) is 37.0 Å². The lowest BCUT2D eigenvalue weighted by molar-refractivity contribution is -0.150. The van der Waals surface area contributed by atoms with Gasteiger partial charge >= 0.3 is 0 Å². The minimum absolute atomic E-state index is 0.104. The molecule has 35 heavy (non-hydrogen) atoms. The van der Waals surface area contributed by atoms with Gasteiger partial charge in [0, 0.05) is 57.4 Å². The van der Waals surface area contributed by atoms with Gasteiger partial charge in [0.2, 0.25) is 0 Å². The summed E-state index contributed by atoms with van der Waals surface area (Å²) in [5.74, 6) is 0.315. The zero-order chi connectivity index (χ0) is 24.6. The topological polar surface area (TPSA) is 106 Å². The molecule has 2 aromatic rings. The van der Waals surface area contributed by atoms with Crippen molar-refractivity contribution in [3.05, 3.63) is 47.6 Å². The largest absolute Gasteiger partial charge is 0.482 e. The van der Waals surface area contributed by atoms with Crippen molar-refractivity contribution in [2.24, 2.45) is 0 Å². The molecule has 4 heterocycles. The molecule has 1 amide bonds. The highest BCUT2D eigenvalue weighted by molar-refractivity contribution is 5.85. The second kappa shape index (κ2) is 9.12. The number of hydroxylamine groups is 1. The molecule has 11 heteroatoms. The smallest absolute Gasteiger partial charge is 0.292 e. The van der Waals surface area contributed by atoms with Gasteiger partial charge in [-0.3, -0.25) is 20.0 Å². The van der Waals surface area contributed by atoms with Crippen LogP contribution in [0.2, 0.25) is 0 Å². The van der Waals surface area contributed by atoms with Gasteiger partial charge in [-0.05, 0) is 24.3 Å². The maximum atomic E-state index is 15.7. The van der Waals surface area contributed by atoms with E-state index in [0.29, 0.717) is 68.3 Å². The number of amides is 1. The van der Waals surface area contributed by atoms with Crippen molar-refractivity contribution < 1.29 is 27.6 Å². The predicted molar refractivity (Wildman–Crippen MR) is 123 cm³/mol. The number of carbonyl (C=O) groups is 1. The van der Waals surface area contributed by atoms with E-state index in [2.05, 4.69) is 10.5 Å². The molecule has 2 fully saturated rings. The summed E-state index contributed by atoms with van der Waals surface area (Å²) in [7, 11) is 1.48. The molecule has 1 aromatic heterocycles. The number of ether oxygens (including phenoxy) is 1. The average molecular weight is 490 g/mol. The number of oxazole rings is 1. The number of nitrogens with two attached hydrogens (primary N) is 1. The lowest BCUT2D eigenvalue weighted by atomic mass is 9.85. The fraction of sp³-hybridized carbons (Fsp3) is 0.500. The number of nitrogen functional groups attached to an aromatic ring is 1. The highest BCUT2D eigenvalue weighted by Gasteiger charge is 2.47. The van der Waals surface area contributed by atoms with Crippen molar-refractivity contribution in [1.82, 2.24) is 20.3 Å². The molecule has 2 saturated heterocycles. The van der Waals surface area contributed by atoms with Crippen molar-refractivity contribution in [3.63, 3.8) is 0 Å². The molecule has 0 unspecified atom stereocenters. The summed E-state index contributed by atoms with van der Waals surface area (Å²) >= 11 is 0. The van der Waals surface area contributed by atoms with Crippen molar-refractivity contribution in [1.29, 1.82) is 0 Å². The summed E-state index contributed by atoms with van der Waals surface area (Å²) in [6.45, 7) is 2.07. The van der Waals surface area contributed by atoms with Gasteiger partial charge in [0.15, 0.2) is 5.67 Å². The summed E-state index contributed by atoms with van der Waals surface area (Å²) in [5, 5.41) is 0. The maximum absolute atomic E-state index is 15.7. The van der Waals surface area contributed by atoms with Crippen molar-refractivity contribution in [3.8, 4) is 5.75 Å². The van der Waals surface area contributed by atoms with E-state index >= 15 is 4.39 Å². The van der Waals surface area contributed by atoms with Crippen LogP contribution in [0, 0.1) is 5.82 Å². The number of piperidine rings is 2. The molecule has 0 saturated carbocycles. The molecule has 9 nitrogen and oxygen atoms in total. The first kappa shape index (κ1) is 23.6. The van der Waals surface area contributed by atoms with E-state index in [9.17, 15) is 9.18 Å². The maximum Gasteiger partial charge on any atom is 0.292 e. The van der Waals surface area contributed by atoms with Gasteiger partial charge < -0.3 is 19.8 Å². The molecule has 0 radical (unpaired) electrons. The SMILES string of the molecule is CONC1=CC2(CCN(C(=O)C3(F)CCN(Cc4cnc(N)o4)CC3)CC2)Oc2ccc(F)cc21. The van der Waals surface area contributed by atoms with Gasteiger partial charge in [-0.25, -0.2) is 13.8 Å². The fourth-order valence-electron chi connectivity index (χ4n) is 5.10. The van der Waals surface area contributed by atoms with Gasteiger partial charge in [0.1, 0.15) is 22.9 Å². The van der Waals surface area contributed by atoms with Gasteiger partial charge in [-0.15, -0.1) is 0 Å². The minimum Gasteiger partial charge on any atom is -0.482 e. The third-order valence-corrected chi connectivity index (χ3v) is 7.04. The molecule has 0 aliphatic carbocycles. The first-order chi connectivity index (χ1) is 16.8. The van der Waals surface area contributed by atoms with Crippen LogP contribution < -0.4 is 16.0 Å². The Kier molecular flexibility index (Phi) is 6.14. The molecule has 5 rings (SSSR count). The minimum atomic E-state index is -1.89. The Morgan fingerprint density at radius 2 is 1.97 bits per heavy atom. The number of fused-ring (bicyclic) bond motifs is 1. The number of hydrogen-bond acceptors (Lipinski definition) is 8. The summed E-state index contributed by atoms with van der Waals surface area (Å²) in [6.07, 6.45) is 4.65. The van der Waals surface area contributed by atoms with Gasteiger partial charge in [-0.1, -0.05) is 0 Å². The number of rotatable bonds is 5. The first-order valence-corrected chi connectivity index (χ1v) is 11.7. The normalized spacial score (nSPS) is 21.2. The number of anilines is 1. The third kappa shape index (κ3) is 4.70. The summed E-state index contributed by atoms with van der Waals surface area (Å²) in [6, 6.07) is 4.42. The van der Waals surface area contributed by atoms with Crippen LogP contribution in [0.4, 0.5) is 14.8 Å². The van der Waals surface area contributed by atoms with Gasteiger partial charge in [0.25, 0.3) is 11.9 Å². The monoisotopic (exact) mass is 489 g/mol. The zero-order valence-corrected chi connectivity index (χ0v) is 19.6. The van der Waals surface area contributed by atoms with Crippen LogP contribution in [-0.2, 0) is 16.2 Å². The molecule has 1 spiro atoms. The van der Waals surface area contributed by atoms with Crippen molar-refractivity contribution >= 4 is 17.6 Å². The average Bonchev–Trinajstić information content (AvgIpc) is 3.26. The molecule has 3 aliphatic rings. The van der Waals surface area contributed by atoms with Gasteiger partial charge in [-0.2, -0.15) is 0 Å². The lowest BCUT2D eigenvalue weighted by Gasteiger charge is -2.45. The third-order valence-electron chi connectivity index (χ3n) is 7.04. The summed E-state index contributed by atoms with van der Waals surface area (Å²) < 4.78 is 41.1. The Balaban J connectivity index is 1.21. The van der Waals surface area contributed by atoms with E-state index in [4.69, 9.17) is 19.7 Å². The Labute approximate surface area is 201 Å². The zero-order valence-electron chi connectivity index (χ0n) is 19.6. The first-order valence-electron chi connectivity index (χ1n) is 11.7. The number of hydrogen-bond donors (Lipinski definition) is 2. The van der Waals surface area contributed by atoms with Crippen molar-refractivity contribution in [2.45, 2.75) is 43.5 Å². The molecule has 3 aliphatic heterocycles. The molecule has 0 atom stereocenters. The number of nitrogens with zero attached hydrogens (tertiary/aromatic N) is 3. The quantitative estimate of drug-likeness (QED) is 0.618. The molecule has 3 N–H and O–H groups in total. The molecular weight excluding hydrogens is 460 g/mol. The Hall–Kier alpha value is -3.18. The summed E-state index contributed by atoms with van der Waals surface area (Å²) in [5.41, 5.74) is 6.91. The summed E-state index contributed by atoms with van der Waals surface area (Å²) in [4.78, 5) is 25.8. The van der Waals surface area contributed by atoms with E-state index in [1.807, 2.05) is 11.0 Å². The van der Waals surface area contributed by atoms with E-state index in [1.54, 1.807) is 17.2 Å². The van der Waals surface area contributed by atoms with Crippen LogP contribution >= 0.6 is 0 Å². The van der Waals surface area contributed by atoms with Crippen LogP contribution in [0.5, 0.6) is 5.75 Å². The Morgan fingerprint density at radius 1 is 1.23 bits per heavy atom. The number of carbonyl (C=O) groups excluding carboxylic acids is 1. The van der Waals surface area contributed by atoms with E-state index < -0.39 is 17.2 Å². The predicted octanol–water partition coefficient (Wildman–Crippen LogP) is 2.65. The lowest BCUT2D eigenvalue weighted by Crippen LogP contribution is -2.56. The number of benzene rings is 1. The molecule has 0 bridgehead atoms. The van der Waals surface area contributed by atoms with Crippen LogP contribution in [0.25, 0.3) is 5.70 Å². The van der Waals surface area contributed by atoms with Crippen molar-refractivity contribution in [2.75, 3.05) is 39.0 Å². The number of halogens is 2.